The molecule has 2 aromatic heterocycles. The van der Waals surface area contributed by atoms with Crippen LogP contribution in [0.25, 0.3) is 5.65 Å². The summed E-state index contributed by atoms with van der Waals surface area (Å²) in [5.41, 5.74) is 0.916. The van der Waals surface area contributed by atoms with Gasteiger partial charge in [-0.3, -0.25) is 4.40 Å². The molecule has 0 aliphatic heterocycles. The lowest BCUT2D eigenvalue weighted by molar-refractivity contribution is 0.158. The number of pyridine rings is 1. The number of hydrogen-bond donors (Lipinski definition) is 1. The van der Waals surface area contributed by atoms with Gasteiger partial charge in [0.1, 0.15) is 0 Å². The Morgan fingerprint density at radius 1 is 1.21 bits per heavy atom. The van der Waals surface area contributed by atoms with Gasteiger partial charge >= 0.3 is 0 Å². The molecule has 19 heavy (non-hydrogen) atoms. The van der Waals surface area contributed by atoms with Gasteiger partial charge in [0, 0.05) is 12.2 Å². The van der Waals surface area contributed by atoms with Crippen LogP contribution in [0.2, 0.25) is 0 Å². The summed E-state index contributed by atoms with van der Waals surface area (Å²) in [5, 5.41) is 12.2. The molecule has 102 valence electrons. The van der Waals surface area contributed by atoms with E-state index in [2.05, 4.69) is 40.7 Å². The van der Waals surface area contributed by atoms with E-state index in [0.717, 1.165) is 23.3 Å². The van der Waals surface area contributed by atoms with Crippen molar-refractivity contribution in [3.05, 3.63) is 30.2 Å². The molecule has 2 heterocycles. The molecule has 1 saturated carbocycles. The highest BCUT2D eigenvalue weighted by molar-refractivity contribution is 5.37. The molecule has 0 aromatic carbocycles. The minimum Gasteiger partial charge on any atom is -0.305 e. The van der Waals surface area contributed by atoms with Crippen molar-refractivity contribution in [1.82, 2.24) is 19.9 Å². The first-order chi connectivity index (χ1) is 9.15. The van der Waals surface area contributed by atoms with E-state index in [-0.39, 0.29) is 6.04 Å². The largest absolute Gasteiger partial charge is 0.305 e. The number of hydrogen-bond acceptors (Lipinski definition) is 3. The van der Waals surface area contributed by atoms with Crippen LogP contribution in [0.3, 0.4) is 0 Å². The van der Waals surface area contributed by atoms with Crippen LogP contribution in [0.1, 0.15) is 45.5 Å². The highest BCUT2D eigenvalue weighted by Gasteiger charge is 2.32. The third-order valence-corrected chi connectivity index (χ3v) is 4.33. The van der Waals surface area contributed by atoms with Crippen LogP contribution in [-0.2, 0) is 0 Å². The van der Waals surface area contributed by atoms with E-state index in [1.807, 2.05) is 24.4 Å². The highest BCUT2D eigenvalue weighted by atomic mass is 15.3. The molecule has 3 rings (SSSR count). The average Bonchev–Trinajstić information content (AvgIpc) is 2.76. The first-order valence-corrected chi connectivity index (χ1v) is 7.21. The predicted molar refractivity (Wildman–Crippen MR) is 75.9 cm³/mol. The van der Waals surface area contributed by atoms with E-state index in [1.54, 1.807) is 0 Å². The van der Waals surface area contributed by atoms with Crippen molar-refractivity contribution in [1.29, 1.82) is 0 Å². The predicted octanol–water partition coefficient (Wildman–Crippen LogP) is 2.81. The van der Waals surface area contributed by atoms with Gasteiger partial charge in [-0.25, -0.2) is 0 Å². The Morgan fingerprint density at radius 3 is 2.74 bits per heavy atom. The fraction of sp³-hybridized carbons (Fsp3) is 0.600. The molecule has 1 atom stereocenters. The van der Waals surface area contributed by atoms with Gasteiger partial charge in [0.15, 0.2) is 11.5 Å². The van der Waals surface area contributed by atoms with Crippen LogP contribution < -0.4 is 5.32 Å². The van der Waals surface area contributed by atoms with Crippen molar-refractivity contribution >= 4 is 5.65 Å². The highest BCUT2D eigenvalue weighted by Crippen LogP contribution is 2.34. The molecule has 4 nitrogen and oxygen atoms in total. The summed E-state index contributed by atoms with van der Waals surface area (Å²) in [6, 6.07) is 6.88. The first-order valence-electron chi connectivity index (χ1n) is 7.21. The lowest BCUT2D eigenvalue weighted by Gasteiger charge is -2.39. The van der Waals surface area contributed by atoms with Crippen molar-refractivity contribution in [2.45, 2.75) is 45.7 Å². The molecule has 0 radical (unpaired) electrons. The summed E-state index contributed by atoms with van der Waals surface area (Å²) in [5.74, 6) is 2.70. The van der Waals surface area contributed by atoms with E-state index in [4.69, 9.17) is 0 Å². The second-order valence-electron chi connectivity index (χ2n) is 6.05. The number of fused-ring (bicyclic) bond motifs is 1. The monoisotopic (exact) mass is 258 g/mol. The van der Waals surface area contributed by atoms with E-state index < -0.39 is 0 Å². The Kier molecular flexibility index (Phi) is 3.27. The number of nitrogens with one attached hydrogen (secondary N) is 1. The molecule has 1 unspecified atom stereocenters. The van der Waals surface area contributed by atoms with Crippen LogP contribution in [0, 0.1) is 11.8 Å². The maximum absolute atomic E-state index is 4.31. The zero-order valence-corrected chi connectivity index (χ0v) is 11.9. The Hall–Kier alpha value is -1.42. The van der Waals surface area contributed by atoms with E-state index in [0.29, 0.717) is 6.04 Å². The molecule has 0 spiro atoms. The van der Waals surface area contributed by atoms with Gasteiger partial charge in [0.2, 0.25) is 0 Å². The fourth-order valence-electron chi connectivity index (χ4n) is 2.93. The minimum absolute atomic E-state index is 0.246. The third kappa shape index (κ3) is 2.37. The van der Waals surface area contributed by atoms with E-state index in [1.165, 1.54) is 12.8 Å². The minimum atomic E-state index is 0.246. The number of nitrogens with zero attached hydrogens (tertiary/aromatic N) is 3. The van der Waals surface area contributed by atoms with E-state index >= 15 is 0 Å². The summed E-state index contributed by atoms with van der Waals surface area (Å²) in [4.78, 5) is 0. The molecule has 0 amide bonds. The zero-order valence-electron chi connectivity index (χ0n) is 11.9. The van der Waals surface area contributed by atoms with E-state index in [9.17, 15) is 0 Å². The van der Waals surface area contributed by atoms with Crippen LogP contribution in [0.5, 0.6) is 0 Å². The molecule has 1 aliphatic carbocycles. The van der Waals surface area contributed by atoms with Crippen molar-refractivity contribution in [3.8, 4) is 0 Å². The second kappa shape index (κ2) is 4.93. The normalized spacial score (nSPS) is 24.6. The summed E-state index contributed by atoms with van der Waals surface area (Å²) >= 11 is 0. The summed E-state index contributed by atoms with van der Waals surface area (Å²) in [7, 11) is 0. The maximum atomic E-state index is 4.31. The van der Waals surface area contributed by atoms with Crippen LogP contribution in [-0.4, -0.2) is 20.6 Å². The second-order valence-corrected chi connectivity index (χ2v) is 6.05. The summed E-state index contributed by atoms with van der Waals surface area (Å²) < 4.78 is 2.07. The number of rotatable bonds is 4. The van der Waals surface area contributed by atoms with Crippen LogP contribution >= 0.6 is 0 Å². The number of aromatic nitrogens is 3. The molecular weight excluding hydrogens is 236 g/mol. The van der Waals surface area contributed by atoms with Gasteiger partial charge in [0.25, 0.3) is 0 Å². The summed E-state index contributed by atoms with van der Waals surface area (Å²) in [6.45, 7) is 6.80. The molecule has 0 saturated heterocycles. The molecule has 2 aromatic rings. The first kappa shape index (κ1) is 12.6. The topological polar surface area (TPSA) is 42.2 Å². The Labute approximate surface area is 114 Å². The van der Waals surface area contributed by atoms with Gasteiger partial charge in [-0.1, -0.05) is 19.9 Å². The molecule has 1 aliphatic rings. The third-order valence-electron chi connectivity index (χ3n) is 4.33. The fourth-order valence-corrected chi connectivity index (χ4v) is 2.93. The SMILES string of the molecule is CC(NC1CC(C(C)C)C1)c1nnc2ccccn12. The van der Waals surface area contributed by atoms with Crippen molar-refractivity contribution in [3.63, 3.8) is 0 Å². The molecule has 4 heteroatoms. The Bertz CT molecular complexity index is 554. The average molecular weight is 258 g/mol. The lowest BCUT2D eigenvalue weighted by Crippen LogP contribution is -2.44. The standard InChI is InChI=1S/C15H22N4/c1-10(2)12-8-13(9-12)16-11(3)15-18-17-14-6-4-5-7-19(14)15/h4-7,10-13,16H,8-9H2,1-3H3. The molecule has 1 N–H and O–H groups in total. The molecule has 1 fully saturated rings. The van der Waals surface area contributed by atoms with Gasteiger partial charge in [0.05, 0.1) is 6.04 Å². The van der Waals surface area contributed by atoms with Gasteiger partial charge in [-0.05, 0) is 43.7 Å². The van der Waals surface area contributed by atoms with Crippen LogP contribution in [0.15, 0.2) is 24.4 Å². The van der Waals surface area contributed by atoms with Crippen molar-refractivity contribution in [2.75, 3.05) is 0 Å². The quantitative estimate of drug-likeness (QED) is 0.917. The smallest absolute Gasteiger partial charge is 0.160 e. The molecular formula is C15H22N4. The van der Waals surface area contributed by atoms with Crippen molar-refractivity contribution in [2.24, 2.45) is 11.8 Å². The summed E-state index contributed by atoms with van der Waals surface area (Å²) in [6.07, 6.45) is 4.61. The Morgan fingerprint density at radius 2 is 2.00 bits per heavy atom. The van der Waals surface area contributed by atoms with Crippen LogP contribution in [0.4, 0.5) is 0 Å². The zero-order chi connectivity index (χ0) is 13.4. The van der Waals surface area contributed by atoms with Gasteiger partial charge in [-0.15, -0.1) is 10.2 Å². The van der Waals surface area contributed by atoms with Gasteiger partial charge in [-0.2, -0.15) is 0 Å². The lowest BCUT2D eigenvalue weighted by atomic mass is 9.73. The van der Waals surface area contributed by atoms with Crippen molar-refractivity contribution < 1.29 is 0 Å². The van der Waals surface area contributed by atoms with Gasteiger partial charge < -0.3 is 5.32 Å². The Balaban J connectivity index is 1.66. The maximum Gasteiger partial charge on any atom is 0.160 e. The molecule has 0 bridgehead atoms.